The predicted octanol–water partition coefficient (Wildman–Crippen LogP) is 5.50. The van der Waals surface area contributed by atoms with Gasteiger partial charge in [-0.25, -0.2) is 0 Å². The van der Waals surface area contributed by atoms with E-state index >= 15 is 0 Å². The van der Waals surface area contributed by atoms with Crippen molar-refractivity contribution in [3.63, 3.8) is 0 Å². The third-order valence-corrected chi connectivity index (χ3v) is 9.59. The van der Waals surface area contributed by atoms with Gasteiger partial charge in [-0.15, -0.1) is 0 Å². The number of hydrogen-bond donors (Lipinski definition) is 0. The Morgan fingerprint density at radius 3 is 1.88 bits per heavy atom. The molecule has 0 saturated carbocycles. The van der Waals surface area contributed by atoms with E-state index in [1.54, 1.807) is 0 Å². The summed E-state index contributed by atoms with van der Waals surface area (Å²) in [7, 11) is -1.85. The van der Waals surface area contributed by atoms with Crippen LogP contribution < -0.4 is 0 Å². The molecule has 0 amide bonds. The first-order valence-electron chi connectivity index (χ1n) is 8.95. The second kappa shape index (κ2) is 8.95. The lowest BCUT2D eigenvalue weighted by molar-refractivity contribution is 0.0772. The topological polar surface area (TPSA) is 26.3 Å². The summed E-state index contributed by atoms with van der Waals surface area (Å²) < 4.78 is 6.60. The van der Waals surface area contributed by atoms with Crippen LogP contribution in [0.5, 0.6) is 0 Å². The Labute approximate surface area is 147 Å². The van der Waals surface area contributed by atoms with E-state index in [2.05, 4.69) is 32.9 Å². The van der Waals surface area contributed by atoms with E-state index in [-0.39, 0.29) is 11.9 Å². The van der Waals surface area contributed by atoms with Crippen LogP contribution in [0, 0.1) is 0 Å². The van der Waals surface area contributed by atoms with E-state index in [4.69, 9.17) is 4.43 Å². The number of carbonyl (C=O) groups excluding carboxylic acids is 1. The second-order valence-electron chi connectivity index (χ2n) is 6.27. The normalized spacial score (nSPS) is 12.8. The highest BCUT2D eigenvalue weighted by molar-refractivity contribution is 6.73. The third-order valence-electron chi connectivity index (χ3n) is 4.94. The van der Waals surface area contributed by atoms with Gasteiger partial charge in [0.05, 0.1) is 0 Å². The molecule has 1 atom stereocenters. The van der Waals surface area contributed by atoms with Gasteiger partial charge in [0.25, 0.3) is 0 Å². The van der Waals surface area contributed by atoms with Gasteiger partial charge in [0.15, 0.2) is 14.1 Å². The zero-order valence-corrected chi connectivity index (χ0v) is 16.0. The molecule has 0 spiro atoms. The van der Waals surface area contributed by atoms with E-state index in [1.165, 1.54) is 0 Å². The molecule has 0 aliphatic rings. The first kappa shape index (κ1) is 18.6. The van der Waals surface area contributed by atoms with Crippen molar-refractivity contribution in [2.45, 2.75) is 51.4 Å². The lowest BCUT2D eigenvalue weighted by atomic mass is 10.0. The van der Waals surface area contributed by atoms with E-state index in [0.717, 1.165) is 29.3 Å². The summed E-state index contributed by atoms with van der Waals surface area (Å²) in [5.41, 5.74) is 1.89. The van der Waals surface area contributed by atoms with E-state index < -0.39 is 8.32 Å². The quantitative estimate of drug-likeness (QED) is 0.445. The van der Waals surface area contributed by atoms with Crippen molar-refractivity contribution in [1.82, 2.24) is 0 Å². The van der Waals surface area contributed by atoms with Crippen LogP contribution in [0.3, 0.4) is 0 Å². The summed E-state index contributed by atoms with van der Waals surface area (Å²) in [5.74, 6) is 0.103. The molecule has 2 aromatic rings. The van der Waals surface area contributed by atoms with Crippen molar-refractivity contribution in [2.75, 3.05) is 0 Å². The minimum Gasteiger partial charge on any atom is -0.406 e. The average Bonchev–Trinajstić information content (AvgIpc) is 2.66. The summed E-state index contributed by atoms with van der Waals surface area (Å²) in [6.45, 7) is 6.60. The molecule has 0 radical (unpaired) electrons. The first-order chi connectivity index (χ1) is 11.6. The fraction of sp³-hybridized carbons (Fsp3) is 0.381. The lowest BCUT2D eigenvalue weighted by Gasteiger charge is -2.32. The average molecular weight is 341 g/mol. The summed E-state index contributed by atoms with van der Waals surface area (Å²) in [6.07, 6.45) is 0.255. The largest absolute Gasteiger partial charge is 0.406 e. The van der Waals surface area contributed by atoms with Crippen LogP contribution in [-0.2, 0) is 10.8 Å². The second-order valence-corrected chi connectivity index (χ2v) is 11.0. The van der Waals surface area contributed by atoms with Crippen molar-refractivity contribution < 1.29 is 9.22 Å². The number of rotatable bonds is 9. The maximum Gasteiger partial charge on any atom is 0.193 e. The Morgan fingerprint density at radius 1 is 0.875 bits per heavy atom. The molecule has 3 heteroatoms. The van der Waals surface area contributed by atoms with Crippen molar-refractivity contribution in [1.29, 1.82) is 0 Å². The molecule has 2 aromatic carbocycles. The predicted molar refractivity (Wildman–Crippen MR) is 103 cm³/mol. The number of hydrogen-bond acceptors (Lipinski definition) is 2. The SMILES string of the molecule is CC[Si](CC)(CC)O[C@@H](Cc1ccccc1)C(=O)c1ccccc1. The summed E-state index contributed by atoms with van der Waals surface area (Å²) >= 11 is 0. The smallest absolute Gasteiger partial charge is 0.193 e. The minimum atomic E-state index is -1.85. The molecule has 0 heterocycles. The van der Waals surface area contributed by atoms with E-state index in [9.17, 15) is 4.79 Å². The van der Waals surface area contributed by atoms with Crippen molar-refractivity contribution in [2.24, 2.45) is 0 Å². The molecule has 0 aliphatic heterocycles. The zero-order valence-electron chi connectivity index (χ0n) is 15.0. The van der Waals surface area contributed by atoms with Crippen molar-refractivity contribution in [3.8, 4) is 0 Å². The molecule has 0 aromatic heterocycles. The maximum absolute atomic E-state index is 13.1. The van der Waals surface area contributed by atoms with E-state index in [1.807, 2.05) is 48.5 Å². The van der Waals surface area contributed by atoms with Crippen LogP contribution in [0.2, 0.25) is 18.1 Å². The summed E-state index contributed by atoms with van der Waals surface area (Å²) in [5, 5.41) is 0. The van der Waals surface area contributed by atoms with E-state index in [0.29, 0.717) is 6.42 Å². The van der Waals surface area contributed by atoms with Gasteiger partial charge in [-0.1, -0.05) is 81.4 Å². The van der Waals surface area contributed by atoms with Crippen LogP contribution >= 0.6 is 0 Å². The number of Topliss-reactive ketones (excluding diaryl/α,β-unsaturated/α-hetero) is 1. The molecule has 0 aliphatic carbocycles. The first-order valence-corrected chi connectivity index (χ1v) is 11.5. The van der Waals surface area contributed by atoms with Gasteiger partial charge in [0.1, 0.15) is 6.10 Å². The molecule has 0 unspecified atom stereocenters. The fourth-order valence-corrected chi connectivity index (χ4v) is 5.90. The molecule has 128 valence electrons. The highest BCUT2D eigenvalue weighted by Crippen LogP contribution is 2.26. The van der Waals surface area contributed by atoms with Gasteiger partial charge in [-0.3, -0.25) is 4.79 Å². The lowest BCUT2D eigenvalue weighted by Crippen LogP contribution is -2.43. The zero-order chi connectivity index (χ0) is 17.4. The van der Waals surface area contributed by atoms with Crippen LogP contribution in [0.25, 0.3) is 0 Å². The standard InChI is InChI=1S/C21H28O2Si/c1-4-24(5-2,6-3)23-20(17-18-13-9-7-10-14-18)21(22)19-15-11-8-12-16-19/h7-16,20H,4-6,17H2,1-3H3/t20-/m0/s1. The third kappa shape index (κ3) is 4.65. The molecule has 0 bridgehead atoms. The monoisotopic (exact) mass is 340 g/mol. The highest BCUT2D eigenvalue weighted by atomic mass is 28.4. The van der Waals surface area contributed by atoms with Gasteiger partial charge in [0, 0.05) is 12.0 Å². The van der Waals surface area contributed by atoms with Gasteiger partial charge in [-0.2, -0.15) is 0 Å². The van der Waals surface area contributed by atoms with Gasteiger partial charge >= 0.3 is 0 Å². The number of benzene rings is 2. The van der Waals surface area contributed by atoms with Gasteiger partial charge in [0.2, 0.25) is 0 Å². The summed E-state index contributed by atoms with van der Waals surface area (Å²) in [6, 6.07) is 22.9. The molecular formula is C21H28O2Si. The molecular weight excluding hydrogens is 312 g/mol. The molecule has 0 N–H and O–H groups in total. The Balaban J connectivity index is 2.28. The highest BCUT2D eigenvalue weighted by Gasteiger charge is 2.35. The number of carbonyl (C=O) groups is 1. The van der Waals surface area contributed by atoms with Gasteiger partial charge in [-0.05, 0) is 23.7 Å². The number of ketones is 1. The molecule has 2 nitrogen and oxygen atoms in total. The fourth-order valence-electron chi connectivity index (χ4n) is 3.11. The van der Waals surface area contributed by atoms with Crippen molar-refractivity contribution >= 4 is 14.1 Å². The van der Waals surface area contributed by atoms with Crippen LogP contribution in [0.1, 0.15) is 36.7 Å². The van der Waals surface area contributed by atoms with Crippen LogP contribution in [0.4, 0.5) is 0 Å². The Kier molecular flexibility index (Phi) is 6.94. The van der Waals surface area contributed by atoms with Crippen LogP contribution in [-0.4, -0.2) is 20.2 Å². The molecule has 24 heavy (non-hydrogen) atoms. The van der Waals surface area contributed by atoms with Crippen molar-refractivity contribution in [3.05, 3.63) is 71.8 Å². The maximum atomic E-state index is 13.1. The molecule has 2 rings (SSSR count). The molecule has 0 saturated heterocycles. The Hall–Kier alpha value is -1.71. The Bertz CT molecular complexity index is 613. The Morgan fingerprint density at radius 2 is 1.38 bits per heavy atom. The molecule has 0 fully saturated rings. The summed E-state index contributed by atoms with van der Waals surface area (Å²) in [4.78, 5) is 13.1. The van der Waals surface area contributed by atoms with Crippen LogP contribution in [0.15, 0.2) is 60.7 Å². The minimum absolute atomic E-state index is 0.103. The van der Waals surface area contributed by atoms with Gasteiger partial charge < -0.3 is 4.43 Å².